The zero-order chi connectivity index (χ0) is 17.9. The first-order valence-electron chi connectivity index (χ1n) is 8.66. The predicted octanol–water partition coefficient (Wildman–Crippen LogP) is 5.13. The average molecular weight is 322 g/mol. The van der Waals surface area contributed by atoms with Gasteiger partial charge in [-0.1, -0.05) is 19.9 Å². The molecule has 0 atom stereocenters. The van der Waals surface area contributed by atoms with Crippen molar-refractivity contribution in [3.8, 4) is 0 Å². The Labute approximate surface area is 142 Å². The number of hydrogen-bond acceptors (Lipinski definition) is 3. The van der Waals surface area contributed by atoms with Crippen LogP contribution >= 0.6 is 0 Å². The third-order valence-electron chi connectivity index (χ3n) is 3.04. The average Bonchev–Trinajstić information content (AvgIpc) is 2.49. The fourth-order valence-corrected chi connectivity index (χ4v) is 2.08. The van der Waals surface area contributed by atoms with Crippen LogP contribution in [-0.2, 0) is 4.74 Å². The van der Waals surface area contributed by atoms with Crippen LogP contribution in [0.2, 0.25) is 0 Å². The van der Waals surface area contributed by atoms with Gasteiger partial charge in [-0.25, -0.2) is 4.79 Å². The number of piperidine rings is 1. The molecule has 1 aromatic rings. The van der Waals surface area contributed by atoms with E-state index in [4.69, 9.17) is 4.74 Å². The number of rotatable bonds is 0. The molecule has 1 saturated heterocycles. The van der Waals surface area contributed by atoms with Gasteiger partial charge in [0.1, 0.15) is 5.60 Å². The summed E-state index contributed by atoms with van der Waals surface area (Å²) in [7, 11) is 0. The highest BCUT2D eigenvalue weighted by Crippen LogP contribution is 2.14. The Morgan fingerprint density at radius 1 is 1.04 bits per heavy atom. The van der Waals surface area contributed by atoms with Gasteiger partial charge >= 0.3 is 6.09 Å². The lowest BCUT2D eigenvalue weighted by Gasteiger charge is -2.29. The summed E-state index contributed by atoms with van der Waals surface area (Å²) in [6.45, 7) is 15.4. The van der Waals surface area contributed by atoms with Gasteiger partial charge in [-0.05, 0) is 66.0 Å². The summed E-state index contributed by atoms with van der Waals surface area (Å²) in [5.41, 5.74) is 1.81. The van der Waals surface area contributed by atoms with Crippen molar-refractivity contribution in [2.45, 2.75) is 73.3 Å². The maximum absolute atomic E-state index is 11.5. The van der Waals surface area contributed by atoms with Crippen LogP contribution in [0.4, 0.5) is 4.79 Å². The predicted molar refractivity (Wildman–Crippen MR) is 96.7 cm³/mol. The Morgan fingerprint density at radius 2 is 1.52 bits per heavy atom. The molecular formula is C19H34N2O2. The molecule has 0 saturated carbocycles. The van der Waals surface area contributed by atoms with Gasteiger partial charge < -0.3 is 9.64 Å². The summed E-state index contributed by atoms with van der Waals surface area (Å²) in [4.78, 5) is 17.5. The van der Waals surface area contributed by atoms with Gasteiger partial charge in [0.05, 0.1) is 0 Å². The maximum Gasteiger partial charge on any atom is 0.410 e. The molecule has 0 bridgehead atoms. The minimum absolute atomic E-state index is 0.160. The van der Waals surface area contributed by atoms with Gasteiger partial charge in [0.25, 0.3) is 0 Å². The molecule has 1 aliphatic heterocycles. The quantitative estimate of drug-likeness (QED) is 0.665. The van der Waals surface area contributed by atoms with E-state index in [9.17, 15) is 4.79 Å². The van der Waals surface area contributed by atoms with Crippen LogP contribution in [0.1, 0.15) is 65.3 Å². The highest BCUT2D eigenvalue weighted by molar-refractivity contribution is 5.68. The lowest BCUT2D eigenvalue weighted by molar-refractivity contribution is 0.0216. The van der Waals surface area contributed by atoms with Crippen molar-refractivity contribution in [3.05, 3.63) is 29.6 Å². The van der Waals surface area contributed by atoms with Gasteiger partial charge in [-0.3, -0.25) is 4.98 Å². The molecule has 0 unspecified atom stereocenters. The second-order valence-corrected chi connectivity index (χ2v) is 6.45. The lowest BCUT2D eigenvalue weighted by atomic mass is 10.1. The first kappa shape index (κ1) is 21.4. The molecule has 1 fully saturated rings. The summed E-state index contributed by atoms with van der Waals surface area (Å²) >= 11 is 0. The molecule has 0 aromatic carbocycles. The van der Waals surface area contributed by atoms with Crippen LogP contribution in [0.5, 0.6) is 0 Å². The zero-order valence-corrected chi connectivity index (χ0v) is 16.0. The Hall–Kier alpha value is -1.58. The molecular weight excluding hydrogens is 288 g/mol. The van der Waals surface area contributed by atoms with Crippen LogP contribution in [0.15, 0.2) is 18.2 Å². The van der Waals surface area contributed by atoms with E-state index in [2.05, 4.69) is 4.98 Å². The number of aromatic nitrogens is 1. The molecule has 0 aliphatic carbocycles. The van der Waals surface area contributed by atoms with Crippen molar-refractivity contribution in [2.24, 2.45) is 0 Å². The molecule has 0 radical (unpaired) electrons. The number of ether oxygens (including phenoxy) is 1. The third kappa shape index (κ3) is 10.7. The van der Waals surface area contributed by atoms with Gasteiger partial charge in [-0.2, -0.15) is 0 Å². The van der Waals surface area contributed by atoms with Crippen molar-refractivity contribution < 1.29 is 9.53 Å². The van der Waals surface area contributed by atoms with Crippen LogP contribution in [0.3, 0.4) is 0 Å². The summed E-state index contributed by atoms with van der Waals surface area (Å²) < 4.78 is 5.26. The van der Waals surface area contributed by atoms with E-state index < -0.39 is 0 Å². The third-order valence-corrected chi connectivity index (χ3v) is 3.04. The van der Waals surface area contributed by atoms with Crippen molar-refractivity contribution in [1.82, 2.24) is 9.88 Å². The van der Waals surface area contributed by atoms with Crippen LogP contribution in [0, 0.1) is 13.8 Å². The Balaban J connectivity index is 0.000000414. The van der Waals surface area contributed by atoms with Gasteiger partial charge in [0.15, 0.2) is 0 Å². The molecule has 2 rings (SSSR count). The van der Waals surface area contributed by atoms with Crippen molar-refractivity contribution >= 4 is 6.09 Å². The normalized spacial score (nSPS) is 14.0. The second-order valence-electron chi connectivity index (χ2n) is 6.45. The van der Waals surface area contributed by atoms with Crippen molar-refractivity contribution in [3.63, 3.8) is 0 Å². The smallest absolute Gasteiger partial charge is 0.410 e. The highest BCUT2D eigenvalue weighted by atomic mass is 16.6. The number of carbonyl (C=O) groups is 1. The van der Waals surface area contributed by atoms with Crippen molar-refractivity contribution in [1.29, 1.82) is 0 Å². The summed E-state index contributed by atoms with van der Waals surface area (Å²) in [6, 6.07) is 6.00. The molecule has 1 aliphatic rings. The van der Waals surface area contributed by atoms with Gasteiger partial charge in [0, 0.05) is 24.5 Å². The molecule has 4 heteroatoms. The Bertz CT molecular complexity index is 430. The van der Waals surface area contributed by atoms with E-state index in [-0.39, 0.29) is 11.7 Å². The molecule has 1 aromatic heterocycles. The Morgan fingerprint density at radius 3 is 1.87 bits per heavy atom. The van der Waals surface area contributed by atoms with Gasteiger partial charge in [0.2, 0.25) is 0 Å². The fraction of sp³-hybridized carbons (Fsp3) is 0.684. The van der Waals surface area contributed by atoms with Crippen LogP contribution in [0.25, 0.3) is 0 Å². The van der Waals surface area contributed by atoms with E-state index in [1.807, 2.05) is 66.7 Å². The largest absolute Gasteiger partial charge is 0.444 e. The molecule has 132 valence electrons. The first-order valence-corrected chi connectivity index (χ1v) is 8.66. The maximum atomic E-state index is 11.5. The van der Waals surface area contributed by atoms with E-state index in [0.29, 0.717) is 0 Å². The summed E-state index contributed by atoms with van der Waals surface area (Å²) in [5.74, 6) is 0. The monoisotopic (exact) mass is 322 g/mol. The highest BCUT2D eigenvalue weighted by Gasteiger charge is 2.22. The zero-order valence-electron chi connectivity index (χ0n) is 16.0. The van der Waals surface area contributed by atoms with E-state index in [1.165, 1.54) is 6.42 Å². The topological polar surface area (TPSA) is 42.4 Å². The minimum Gasteiger partial charge on any atom is -0.444 e. The number of carbonyl (C=O) groups excluding carboxylic acids is 1. The number of nitrogens with zero attached hydrogens (tertiary/aromatic N) is 2. The number of likely N-dealkylation sites (tertiary alicyclic amines) is 1. The Kier molecular flexibility index (Phi) is 10.3. The summed E-state index contributed by atoms with van der Waals surface area (Å²) in [5, 5.41) is 0. The number of hydrogen-bond donors (Lipinski definition) is 0. The number of pyridine rings is 1. The van der Waals surface area contributed by atoms with Crippen LogP contribution < -0.4 is 0 Å². The van der Waals surface area contributed by atoms with Crippen molar-refractivity contribution in [2.75, 3.05) is 13.1 Å². The van der Waals surface area contributed by atoms with E-state index in [1.54, 1.807) is 4.90 Å². The second kappa shape index (κ2) is 11.0. The SMILES string of the molecule is CC.CC(C)(C)OC(=O)N1CCCCC1.Cc1cccc(C)n1. The minimum atomic E-state index is -0.367. The molecule has 0 N–H and O–H groups in total. The number of aryl methyl sites for hydroxylation is 2. The first-order chi connectivity index (χ1) is 10.8. The standard InChI is InChI=1S/C10H19NO2.C7H9N.C2H6/c1-10(2,3)13-9(12)11-7-5-4-6-8-11;1-6-4-3-5-7(2)8-6;1-2/h4-8H2,1-3H3;3-5H,1-2H3;1-2H3. The van der Waals surface area contributed by atoms with Crippen LogP contribution in [-0.4, -0.2) is 34.7 Å². The van der Waals surface area contributed by atoms with E-state index in [0.717, 1.165) is 37.3 Å². The molecule has 0 spiro atoms. The van der Waals surface area contributed by atoms with Gasteiger partial charge in [-0.15, -0.1) is 0 Å². The fourth-order valence-electron chi connectivity index (χ4n) is 2.08. The van der Waals surface area contributed by atoms with E-state index >= 15 is 0 Å². The molecule has 1 amide bonds. The molecule has 2 heterocycles. The summed E-state index contributed by atoms with van der Waals surface area (Å²) in [6.07, 6.45) is 3.30. The number of amides is 1. The molecule has 23 heavy (non-hydrogen) atoms. The molecule has 4 nitrogen and oxygen atoms in total. The lowest BCUT2D eigenvalue weighted by Crippen LogP contribution is -2.39.